The molecule has 136 valence electrons. The van der Waals surface area contributed by atoms with E-state index in [2.05, 4.69) is 27.4 Å². The van der Waals surface area contributed by atoms with Crippen molar-refractivity contribution in [1.82, 2.24) is 14.9 Å². The Bertz CT molecular complexity index is 988. The monoisotopic (exact) mass is 378 g/mol. The highest BCUT2D eigenvalue weighted by Gasteiger charge is 2.22. The third-order valence-electron chi connectivity index (χ3n) is 4.82. The Morgan fingerprint density at radius 3 is 2.67 bits per heavy atom. The molecule has 0 spiro atoms. The van der Waals surface area contributed by atoms with Crippen molar-refractivity contribution in [2.45, 2.75) is 19.9 Å². The molecule has 0 atom stereocenters. The van der Waals surface area contributed by atoms with Gasteiger partial charge in [-0.2, -0.15) is 0 Å². The lowest BCUT2D eigenvalue weighted by atomic mass is 10.00. The molecule has 2 aromatic carbocycles. The molecule has 2 heterocycles. The fourth-order valence-corrected chi connectivity index (χ4v) is 3.39. The number of carbonyl (C=O) groups excluding carboxylic acids is 1. The molecule has 1 aliphatic heterocycles. The quantitative estimate of drug-likeness (QED) is 0.734. The Kier molecular flexibility index (Phi) is 4.77. The van der Waals surface area contributed by atoms with Crippen LogP contribution in [0.3, 0.4) is 0 Å². The molecule has 6 heteroatoms. The lowest BCUT2D eigenvalue weighted by Crippen LogP contribution is -2.36. The Balaban J connectivity index is 1.47. The van der Waals surface area contributed by atoms with Crippen molar-refractivity contribution in [1.29, 1.82) is 0 Å². The van der Waals surface area contributed by atoms with Crippen LogP contribution >= 0.6 is 11.6 Å². The van der Waals surface area contributed by atoms with Crippen molar-refractivity contribution in [2.75, 3.05) is 11.9 Å². The van der Waals surface area contributed by atoms with Crippen molar-refractivity contribution in [3.05, 3.63) is 82.3 Å². The Hall–Kier alpha value is -2.92. The first kappa shape index (κ1) is 17.5. The summed E-state index contributed by atoms with van der Waals surface area (Å²) in [6.07, 6.45) is 3.96. The van der Waals surface area contributed by atoms with Gasteiger partial charge in [0.25, 0.3) is 5.91 Å². The van der Waals surface area contributed by atoms with Gasteiger partial charge in [0.2, 0.25) is 0 Å². The number of rotatable bonds is 3. The maximum absolute atomic E-state index is 12.8. The highest BCUT2D eigenvalue weighted by atomic mass is 35.5. The third kappa shape index (κ3) is 3.64. The summed E-state index contributed by atoms with van der Waals surface area (Å²) in [5.74, 6) is 0.475. The maximum Gasteiger partial charge on any atom is 0.274 e. The van der Waals surface area contributed by atoms with E-state index in [-0.39, 0.29) is 5.91 Å². The average molecular weight is 379 g/mol. The number of hydrogen-bond donors (Lipinski definition) is 1. The fourth-order valence-electron chi connectivity index (χ4n) is 3.21. The highest BCUT2D eigenvalue weighted by Crippen LogP contribution is 2.25. The normalized spacial score (nSPS) is 13.2. The lowest BCUT2D eigenvalue weighted by molar-refractivity contribution is 0.0728. The summed E-state index contributed by atoms with van der Waals surface area (Å²) in [5, 5.41) is 3.87. The molecule has 27 heavy (non-hydrogen) atoms. The van der Waals surface area contributed by atoms with Crippen LogP contribution in [-0.4, -0.2) is 27.3 Å². The van der Waals surface area contributed by atoms with E-state index in [1.807, 2.05) is 42.2 Å². The van der Waals surface area contributed by atoms with Gasteiger partial charge in [-0.1, -0.05) is 41.9 Å². The SMILES string of the molecule is Cc1c(Cl)cccc1Nc1cnc(C(=O)N2CCc3ccccc3C2)cn1. The topological polar surface area (TPSA) is 58.1 Å². The van der Waals surface area contributed by atoms with Crippen LogP contribution in [0.1, 0.15) is 27.2 Å². The van der Waals surface area contributed by atoms with Crippen molar-refractivity contribution < 1.29 is 4.79 Å². The minimum absolute atomic E-state index is 0.0949. The number of carbonyl (C=O) groups is 1. The highest BCUT2D eigenvalue weighted by molar-refractivity contribution is 6.31. The number of fused-ring (bicyclic) bond motifs is 1. The molecule has 1 aromatic heterocycles. The van der Waals surface area contributed by atoms with E-state index in [9.17, 15) is 4.79 Å². The van der Waals surface area contributed by atoms with E-state index in [0.717, 1.165) is 17.7 Å². The molecule has 3 aromatic rings. The fraction of sp³-hybridized carbons (Fsp3) is 0.190. The van der Waals surface area contributed by atoms with Crippen molar-refractivity contribution >= 4 is 29.0 Å². The van der Waals surface area contributed by atoms with Gasteiger partial charge in [0.1, 0.15) is 11.5 Å². The van der Waals surface area contributed by atoms with Crippen LogP contribution in [0.4, 0.5) is 11.5 Å². The number of aromatic nitrogens is 2. The molecule has 1 N–H and O–H groups in total. The molecule has 0 aliphatic carbocycles. The zero-order valence-electron chi connectivity index (χ0n) is 14.9. The molecular formula is C21H19ClN4O. The van der Waals surface area contributed by atoms with Crippen LogP contribution in [0.5, 0.6) is 0 Å². The number of anilines is 2. The van der Waals surface area contributed by atoms with Crippen LogP contribution in [0, 0.1) is 6.92 Å². The second kappa shape index (κ2) is 7.37. The van der Waals surface area contributed by atoms with Gasteiger partial charge in [-0.15, -0.1) is 0 Å². The van der Waals surface area contributed by atoms with Crippen LogP contribution < -0.4 is 5.32 Å². The Morgan fingerprint density at radius 1 is 1.07 bits per heavy atom. The van der Waals surface area contributed by atoms with Crippen molar-refractivity contribution in [3.63, 3.8) is 0 Å². The number of nitrogens with one attached hydrogen (secondary N) is 1. The molecule has 0 saturated heterocycles. The molecular weight excluding hydrogens is 360 g/mol. The standard InChI is InChI=1S/C21H19ClN4O/c1-14-17(22)7-4-8-18(14)25-20-12-23-19(11-24-20)21(27)26-10-9-15-5-2-3-6-16(15)13-26/h2-8,11-12H,9-10,13H2,1H3,(H,24,25). The van der Waals surface area contributed by atoms with Crippen molar-refractivity contribution in [3.8, 4) is 0 Å². The van der Waals surface area contributed by atoms with Gasteiger partial charge in [-0.05, 0) is 42.2 Å². The summed E-state index contributed by atoms with van der Waals surface area (Å²) in [7, 11) is 0. The van der Waals surface area contributed by atoms with Crippen LogP contribution in [0.2, 0.25) is 5.02 Å². The molecule has 0 fully saturated rings. The number of halogens is 1. The third-order valence-corrected chi connectivity index (χ3v) is 5.23. The lowest BCUT2D eigenvalue weighted by Gasteiger charge is -2.28. The van der Waals surface area contributed by atoms with Gasteiger partial charge in [0.05, 0.1) is 12.4 Å². The van der Waals surface area contributed by atoms with Gasteiger partial charge in [-0.3, -0.25) is 4.79 Å². The van der Waals surface area contributed by atoms with E-state index >= 15 is 0 Å². The first-order valence-corrected chi connectivity index (χ1v) is 9.20. The average Bonchev–Trinajstić information content (AvgIpc) is 2.71. The minimum atomic E-state index is -0.0949. The predicted octanol–water partition coefficient (Wildman–Crippen LogP) is 4.38. The summed E-state index contributed by atoms with van der Waals surface area (Å²) in [6, 6.07) is 13.9. The van der Waals surface area contributed by atoms with Gasteiger partial charge < -0.3 is 10.2 Å². The number of amides is 1. The Labute approximate surface area is 163 Å². The van der Waals surface area contributed by atoms with Gasteiger partial charge >= 0.3 is 0 Å². The smallest absolute Gasteiger partial charge is 0.274 e. The first-order valence-electron chi connectivity index (χ1n) is 8.82. The maximum atomic E-state index is 12.8. The largest absolute Gasteiger partial charge is 0.339 e. The molecule has 0 radical (unpaired) electrons. The molecule has 5 nitrogen and oxygen atoms in total. The van der Waals surface area contributed by atoms with Gasteiger partial charge in [0.15, 0.2) is 0 Å². The van der Waals surface area contributed by atoms with E-state index in [1.54, 1.807) is 6.20 Å². The predicted molar refractivity (Wildman–Crippen MR) is 106 cm³/mol. The molecule has 0 saturated carbocycles. The molecule has 0 bridgehead atoms. The van der Waals surface area contributed by atoms with E-state index in [4.69, 9.17) is 11.6 Å². The van der Waals surface area contributed by atoms with E-state index in [1.165, 1.54) is 17.3 Å². The van der Waals surface area contributed by atoms with E-state index < -0.39 is 0 Å². The van der Waals surface area contributed by atoms with Crippen LogP contribution in [0.15, 0.2) is 54.9 Å². The molecule has 0 unspecified atom stereocenters. The summed E-state index contributed by atoms with van der Waals surface area (Å²) >= 11 is 6.14. The minimum Gasteiger partial charge on any atom is -0.339 e. The summed E-state index contributed by atoms with van der Waals surface area (Å²) < 4.78 is 0. The van der Waals surface area contributed by atoms with Crippen molar-refractivity contribution in [2.24, 2.45) is 0 Å². The second-order valence-electron chi connectivity index (χ2n) is 6.57. The number of hydrogen-bond acceptors (Lipinski definition) is 4. The number of benzene rings is 2. The zero-order chi connectivity index (χ0) is 18.8. The van der Waals surface area contributed by atoms with Crippen LogP contribution in [0.25, 0.3) is 0 Å². The summed E-state index contributed by atoms with van der Waals surface area (Å²) in [6.45, 7) is 3.24. The zero-order valence-corrected chi connectivity index (χ0v) is 15.7. The van der Waals surface area contributed by atoms with Gasteiger partial charge in [0, 0.05) is 23.8 Å². The molecule has 4 rings (SSSR count). The summed E-state index contributed by atoms with van der Waals surface area (Å²) in [5.41, 5.74) is 4.66. The molecule has 1 amide bonds. The number of nitrogens with zero attached hydrogens (tertiary/aromatic N) is 3. The van der Waals surface area contributed by atoms with E-state index in [0.29, 0.717) is 29.6 Å². The Morgan fingerprint density at radius 2 is 1.89 bits per heavy atom. The van der Waals surface area contributed by atoms with Gasteiger partial charge in [-0.25, -0.2) is 9.97 Å². The second-order valence-corrected chi connectivity index (χ2v) is 6.98. The molecule has 1 aliphatic rings. The van der Waals surface area contributed by atoms with Crippen LogP contribution in [-0.2, 0) is 13.0 Å². The first-order chi connectivity index (χ1) is 13.1. The summed E-state index contributed by atoms with van der Waals surface area (Å²) in [4.78, 5) is 23.2.